The molecule has 4 nitrogen and oxygen atoms in total. The van der Waals surface area contributed by atoms with Gasteiger partial charge in [-0.25, -0.2) is 9.97 Å². The highest BCUT2D eigenvalue weighted by atomic mass is 32.1. The van der Waals surface area contributed by atoms with E-state index in [-0.39, 0.29) is 0 Å². The number of aryl methyl sites for hydroxylation is 1. The van der Waals surface area contributed by atoms with E-state index in [2.05, 4.69) is 41.4 Å². The number of thiazole rings is 2. The zero-order valence-electron chi connectivity index (χ0n) is 12.6. The van der Waals surface area contributed by atoms with E-state index in [0.29, 0.717) is 0 Å². The molecule has 0 saturated heterocycles. The Morgan fingerprint density at radius 2 is 1.95 bits per heavy atom. The molecule has 0 radical (unpaired) electrons. The number of nitrogens with one attached hydrogen (secondary N) is 1. The maximum Gasteiger partial charge on any atom is 0.186 e. The first-order valence-corrected chi connectivity index (χ1v) is 8.81. The Hall–Kier alpha value is -1.14. The van der Waals surface area contributed by atoms with Crippen LogP contribution in [0.4, 0.5) is 10.3 Å². The van der Waals surface area contributed by atoms with Gasteiger partial charge in [0.1, 0.15) is 0 Å². The first kappa shape index (κ1) is 15.3. The smallest absolute Gasteiger partial charge is 0.186 e. The van der Waals surface area contributed by atoms with Crippen molar-refractivity contribution in [2.45, 2.75) is 33.6 Å². The van der Waals surface area contributed by atoms with Gasteiger partial charge in [0.25, 0.3) is 0 Å². The molecular formula is C14H22N4S2. The molecule has 110 valence electrons. The molecule has 0 saturated carbocycles. The van der Waals surface area contributed by atoms with Crippen LogP contribution in [0.1, 0.15) is 32.9 Å². The van der Waals surface area contributed by atoms with E-state index in [9.17, 15) is 0 Å². The first-order valence-electron chi connectivity index (χ1n) is 7.11. The van der Waals surface area contributed by atoms with Crippen molar-refractivity contribution in [2.75, 3.05) is 30.4 Å². The van der Waals surface area contributed by atoms with E-state index in [1.165, 1.54) is 10.6 Å². The van der Waals surface area contributed by atoms with Gasteiger partial charge in [-0.2, -0.15) is 0 Å². The molecule has 0 aliphatic carbocycles. The summed E-state index contributed by atoms with van der Waals surface area (Å²) >= 11 is 3.41. The Morgan fingerprint density at radius 1 is 1.20 bits per heavy atom. The van der Waals surface area contributed by atoms with Crippen LogP contribution >= 0.6 is 22.7 Å². The van der Waals surface area contributed by atoms with Crippen LogP contribution in [0.15, 0.2) is 5.38 Å². The molecule has 0 spiro atoms. The predicted molar refractivity (Wildman–Crippen MR) is 90.3 cm³/mol. The van der Waals surface area contributed by atoms with Crippen LogP contribution in [0.5, 0.6) is 0 Å². The Morgan fingerprint density at radius 3 is 2.50 bits per heavy atom. The second-order valence-corrected chi connectivity index (χ2v) is 6.32. The maximum absolute atomic E-state index is 4.84. The molecule has 0 aliphatic rings. The highest BCUT2D eigenvalue weighted by Gasteiger charge is 2.17. The fourth-order valence-corrected chi connectivity index (χ4v) is 4.01. The molecule has 0 unspecified atom stereocenters. The van der Waals surface area contributed by atoms with E-state index >= 15 is 0 Å². The van der Waals surface area contributed by atoms with E-state index < -0.39 is 0 Å². The van der Waals surface area contributed by atoms with Crippen LogP contribution in [0.2, 0.25) is 0 Å². The maximum atomic E-state index is 4.84. The minimum atomic E-state index is 0.959. The molecule has 0 aliphatic heterocycles. The van der Waals surface area contributed by atoms with Crippen LogP contribution in [0, 0.1) is 0 Å². The summed E-state index contributed by atoms with van der Waals surface area (Å²) in [6.07, 6.45) is 2.12. The summed E-state index contributed by atoms with van der Waals surface area (Å²) in [5.74, 6) is 0. The Bertz CT molecular complexity index is 543. The fourth-order valence-electron chi connectivity index (χ4n) is 2.07. The van der Waals surface area contributed by atoms with Crippen LogP contribution in [-0.2, 0) is 6.42 Å². The van der Waals surface area contributed by atoms with Gasteiger partial charge in [-0.3, -0.25) is 0 Å². The van der Waals surface area contributed by atoms with Crippen molar-refractivity contribution in [1.82, 2.24) is 9.97 Å². The molecule has 0 atom stereocenters. The van der Waals surface area contributed by atoms with Gasteiger partial charge in [-0.1, -0.05) is 24.7 Å². The van der Waals surface area contributed by atoms with Crippen LogP contribution < -0.4 is 10.2 Å². The lowest BCUT2D eigenvalue weighted by Crippen LogP contribution is -2.21. The van der Waals surface area contributed by atoms with E-state index in [1.807, 2.05) is 7.05 Å². The number of anilines is 2. The molecule has 0 aromatic carbocycles. The third kappa shape index (κ3) is 3.12. The number of nitrogens with zero attached hydrogens (tertiary/aromatic N) is 3. The van der Waals surface area contributed by atoms with Gasteiger partial charge in [0.05, 0.1) is 16.3 Å². The van der Waals surface area contributed by atoms with Crippen molar-refractivity contribution in [3.05, 3.63) is 11.1 Å². The van der Waals surface area contributed by atoms with Gasteiger partial charge in [-0.05, 0) is 20.3 Å². The molecule has 0 amide bonds. The molecule has 2 rings (SSSR count). The van der Waals surface area contributed by atoms with Gasteiger partial charge >= 0.3 is 0 Å². The number of aromatic nitrogens is 2. The van der Waals surface area contributed by atoms with Crippen molar-refractivity contribution < 1.29 is 0 Å². The quantitative estimate of drug-likeness (QED) is 0.835. The van der Waals surface area contributed by atoms with Gasteiger partial charge in [0.15, 0.2) is 10.3 Å². The number of hydrogen-bond donors (Lipinski definition) is 1. The molecule has 1 N–H and O–H groups in total. The SMILES string of the molecule is CCCc1nc(N(CC)CC)sc1-c1csc(NC)n1. The fraction of sp³-hybridized carbons (Fsp3) is 0.571. The molecule has 20 heavy (non-hydrogen) atoms. The highest BCUT2D eigenvalue weighted by Crippen LogP contribution is 2.36. The Labute approximate surface area is 128 Å². The minimum Gasteiger partial charge on any atom is -0.365 e. The summed E-state index contributed by atoms with van der Waals surface area (Å²) in [4.78, 5) is 13.0. The zero-order valence-corrected chi connectivity index (χ0v) is 14.2. The van der Waals surface area contributed by atoms with E-state index in [0.717, 1.165) is 41.9 Å². The number of hydrogen-bond acceptors (Lipinski definition) is 6. The molecule has 2 heterocycles. The predicted octanol–water partition coefficient (Wildman–Crippen LogP) is 4.11. The van der Waals surface area contributed by atoms with Gasteiger partial charge in [0, 0.05) is 25.5 Å². The standard InChI is InChI=1S/C14H22N4S2/c1-5-8-10-12(11-9-19-13(15-4)16-11)20-14(17-10)18(6-2)7-3/h9H,5-8H2,1-4H3,(H,15,16). The summed E-state index contributed by atoms with van der Waals surface area (Å²) in [7, 11) is 1.91. The summed E-state index contributed by atoms with van der Waals surface area (Å²) in [6.45, 7) is 8.53. The van der Waals surface area contributed by atoms with E-state index in [1.54, 1.807) is 22.7 Å². The van der Waals surface area contributed by atoms with Gasteiger partial charge < -0.3 is 10.2 Å². The molecule has 2 aromatic heterocycles. The molecular weight excluding hydrogens is 288 g/mol. The molecule has 0 bridgehead atoms. The number of rotatable bonds is 7. The van der Waals surface area contributed by atoms with Crippen molar-refractivity contribution >= 4 is 32.9 Å². The van der Waals surface area contributed by atoms with E-state index in [4.69, 9.17) is 4.98 Å². The summed E-state index contributed by atoms with van der Waals surface area (Å²) in [6, 6.07) is 0. The lowest BCUT2D eigenvalue weighted by Gasteiger charge is -2.16. The average Bonchev–Trinajstić information content (AvgIpc) is 3.07. The minimum absolute atomic E-state index is 0.959. The van der Waals surface area contributed by atoms with Crippen molar-refractivity contribution in [3.8, 4) is 10.6 Å². The summed E-state index contributed by atoms with van der Waals surface area (Å²) in [5.41, 5.74) is 2.24. The van der Waals surface area contributed by atoms with Crippen LogP contribution in [-0.4, -0.2) is 30.1 Å². The molecule has 2 aromatic rings. The first-order chi connectivity index (χ1) is 9.73. The monoisotopic (exact) mass is 310 g/mol. The van der Waals surface area contributed by atoms with Crippen LogP contribution in [0.3, 0.4) is 0 Å². The van der Waals surface area contributed by atoms with Crippen LogP contribution in [0.25, 0.3) is 10.6 Å². The third-order valence-electron chi connectivity index (χ3n) is 3.16. The third-order valence-corrected chi connectivity index (χ3v) is 5.20. The lowest BCUT2D eigenvalue weighted by molar-refractivity contribution is 0.841. The zero-order chi connectivity index (χ0) is 14.5. The van der Waals surface area contributed by atoms with Gasteiger partial charge in [-0.15, -0.1) is 11.3 Å². The summed E-state index contributed by atoms with van der Waals surface area (Å²) in [5, 5.41) is 7.29. The van der Waals surface area contributed by atoms with Crippen molar-refractivity contribution in [3.63, 3.8) is 0 Å². The largest absolute Gasteiger partial charge is 0.365 e. The summed E-state index contributed by atoms with van der Waals surface area (Å²) < 4.78 is 0. The lowest BCUT2D eigenvalue weighted by atomic mass is 10.2. The highest BCUT2D eigenvalue weighted by molar-refractivity contribution is 7.19. The second kappa shape index (κ2) is 7.04. The second-order valence-electron chi connectivity index (χ2n) is 4.48. The Kier molecular flexibility index (Phi) is 5.37. The van der Waals surface area contributed by atoms with Crippen molar-refractivity contribution in [2.24, 2.45) is 0 Å². The van der Waals surface area contributed by atoms with Crippen molar-refractivity contribution in [1.29, 1.82) is 0 Å². The molecule has 0 fully saturated rings. The normalized spacial score (nSPS) is 10.8. The topological polar surface area (TPSA) is 41.1 Å². The van der Waals surface area contributed by atoms with Gasteiger partial charge in [0.2, 0.25) is 0 Å². The Balaban J connectivity index is 2.39. The molecule has 6 heteroatoms. The average molecular weight is 310 g/mol.